The summed E-state index contributed by atoms with van der Waals surface area (Å²) >= 11 is 0. The molecular weight excluding hydrogens is 242 g/mol. The zero-order valence-corrected chi connectivity index (χ0v) is 9.74. The minimum Gasteiger partial charge on any atom is -0.462 e. The van der Waals surface area contributed by atoms with Gasteiger partial charge in [0.25, 0.3) is 6.43 Å². The molecule has 0 fully saturated rings. The van der Waals surface area contributed by atoms with Crippen molar-refractivity contribution in [1.29, 1.82) is 5.26 Å². The van der Waals surface area contributed by atoms with E-state index in [0.717, 1.165) is 6.07 Å². The number of halogens is 2. The fourth-order valence-electron chi connectivity index (χ4n) is 1.61. The van der Waals surface area contributed by atoms with Gasteiger partial charge in [-0.2, -0.15) is 5.26 Å². The first kappa shape index (κ1) is 14.1. The molecule has 96 valence electrons. The highest BCUT2D eigenvalue weighted by molar-refractivity contribution is 5.93. The molecule has 1 aromatic rings. The van der Waals surface area contributed by atoms with E-state index in [4.69, 9.17) is 15.7 Å². The fraction of sp³-hybridized carbons (Fsp3) is 0.333. The molecule has 0 saturated heterocycles. The number of esters is 1. The van der Waals surface area contributed by atoms with Crippen molar-refractivity contribution in [2.24, 2.45) is 5.73 Å². The molecule has 0 radical (unpaired) electrons. The highest BCUT2D eigenvalue weighted by atomic mass is 19.3. The summed E-state index contributed by atoms with van der Waals surface area (Å²) in [5.41, 5.74) is 4.86. The molecule has 18 heavy (non-hydrogen) atoms. The number of nitriles is 1. The molecule has 0 unspecified atom stereocenters. The van der Waals surface area contributed by atoms with Crippen LogP contribution in [0.2, 0.25) is 0 Å². The van der Waals surface area contributed by atoms with Crippen LogP contribution in [0.5, 0.6) is 0 Å². The Kier molecular flexibility index (Phi) is 4.75. The van der Waals surface area contributed by atoms with Gasteiger partial charge in [0.05, 0.1) is 23.8 Å². The van der Waals surface area contributed by atoms with Crippen LogP contribution >= 0.6 is 0 Å². The second-order valence-corrected chi connectivity index (χ2v) is 3.39. The lowest BCUT2D eigenvalue weighted by molar-refractivity contribution is 0.0514. The lowest BCUT2D eigenvalue weighted by Gasteiger charge is -2.13. The van der Waals surface area contributed by atoms with Gasteiger partial charge in [-0.05, 0) is 18.6 Å². The number of carbonyl (C=O) groups is 1. The lowest BCUT2D eigenvalue weighted by atomic mass is 9.96. The maximum Gasteiger partial charge on any atom is 0.338 e. The molecule has 0 aliphatic carbocycles. The topological polar surface area (TPSA) is 76.1 Å². The Morgan fingerprint density at radius 1 is 1.56 bits per heavy atom. The number of rotatable bonds is 4. The molecule has 0 bridgehead atoms. The summed E-state index contributed by atoms with van der Waals surface area (Å²) in [4.78, 5) is 11.7. The predicted octanol–water partition coefficient (Wildman–Crippen LogP) is 2.13. The molecule has 2 N–H and O–H groups in total. The van der Waals surface area contributed by atoms with Crippen LogP contribution in [0, 0.1) is 11.3 Å². The second-order valence-electron chi connectivity index (χ2n) is 3.39. The number of benzene rings is 1. The number of ether oxygens (including phenoxy) is 1. The zero-order chi connectivity index (χ0) is 13.7. The zero-order valence-electron chi connectivity index (χ0n) is 9.74. The van der Waals surface area contributed by atoms with Crippen LogP contribution in [0.4, 0.5) is 8.78 Å². The van der Waals surface area contributed by atoms with Crippen molar-refractivity contribution in [3.63, 3.8) is 0 Å². The molecule has 0 aliphatic rings. The quantitative estimate of drug-likeness (QED) is 0.835. The van der Waals surface area contributed by atoms with Crippen LogP contribution < -0.4 is 5.73 Å². The number of nitrogens with two attached hydrogens (primary N) is 1. The van der Waals surface area contributed by atoms with E-state index in [1.807, 2.05) is 6.07 Å². The average Bonchev–Trinajstić information content (AvgIpc) is 2.36. The Labute approximate surface area is 103 Å². The molecule has 4 nitrogen and oxygen atoms in total. The summed E-state index contributed by atoms with van der Waals surface area (Å²) in [6, 6.07) is 4.10. The van der Waals surface area contributed by atoms with Crippen molar-refractivity contribution >= 4 is 5.97 Å². The Morgan fingerprint density at radius 3 is 2.67 bits per heavy atom. The summed E-state index contributed by atoms with van der Waals surface area (Å²) in [5, 5.41) is 8.87. The van der Waals surface area contributed by atoms with Gasteiger partial charge in [0.1, 0.15) is 0 Å². The SMILES string of the molecule is CCOC(=O)c1c(C(F)F)ccc(C#N)c1CN. The minimum absolute atomic E-state index is 0.0578. The van der Waals surface area contributed by atoms with Crippen molar-refractivity contribution < 1.29 is 18.3 Å². The number of hydrogen-bond donors (Lipinski definition) is 1. The Bertz CT molecular complexity index is 496. The molecule has 0 saturated carbocycles. The normalized spacial score (nSPS) is 10.2. The Hall–Kier alpha value is -2.00. The monoisotopic (exact) mass is 254 g/mol. The Morgan fingerprint density at radius 2 is 2.22 bits per heavy atom. The molecule has 0 heterocycles. The molecule has 0 spiro atoms. The smallest absolute Gasteiger partial charge is 0.338 e. The van der Waals surface area contributed by atoms with Crippen molar-refractivity contribution in [2.45, 2.75) is 19.9 Å². The standard InChI is InChI=1S/C12H12F2N2O2/c1-2-18-12(17)10-8(11(13)14)4-3-7(5-15)9(10)6-16/h3-4,11H,2,6,16H2,1H3. The highest BCUT2D eigenvalue weighted by Crippen LogP contribution is 2.28. The summed E-state index contributed by atoms with van der Waals surface area (Å²) in [6.07, 6.45) is -2.83. The van der Waals surface area contributed by atoms with Gasteiger partial charge in [-0.1, -0.05) is 6.07 Å². The van der Waals surface area contributed by atoms with Gasteiger partial charge in [-0.3, -0.25) is 0 Å². The van der Waals surface area contributed by atoms with Crippen LogP contribution in [0.3, 0.4) is 0 Å². The molecule has 0 aliphatic heterocycles. The van der Waals surface area contributed by atoms with E-state index in [0.29, 0.717) is 0 Å². The molecule has 6 heteroatoms. The van der Waals surface area contributed by atoms with E-state index in [1.165, 1.54) is 6.07 Å². The van der Waals surface area contributed by atoms with E-state index < -0.39 is 18.0 Å². The van der Waals surface area contributed by atoms with E-state index in [9.17, 15) is 13.6 Å². The van der Waals surface area contributed by atoms with Crippen LogP contribution in [0.25, 0.3) is 0 Å². The summed E-state index contributed by atoms with van der Waals surface area (Å²) < 4.78 is 30.4. The number of hydrogen-bond acceptors (Lipinski definition) is 4. The first-order valence-corrected chi connectivity index (χ1v) is 5.28. The third-order valence-corrected chi connectivity index (χ3v) is 2.38. The van der Waals surface area contributed by atoms with E-state index in [-0.39, 0.29) is 29.8 Å². The molecule has 1 aromatic carbocycles. The van der Waals surface area contributed by atoms with Gasteiger partial charge < -0.3 is 10.5 Å². The molecule has 0 amide bonds. The lowest BCUT2D eigenvalue weighted by Crippen LogP contribution is -2.15. The molecule has 1 rings (SSSR count). The molecule has 0 aromatic heterocycles. The maximum atomic E-state index is 12.8. The largest absolute Gasteiger partial charge is 0.462 e. The number of alkyl halides is 2. The summed E-state index contributed by atoms with van der Waals surface area (Å²) in [6.45, 7) is 1.44. The Balaban J connectivity index is 3.49. The van der Waals surface area contributed by atoms with Gasteiger partial charge >= 0.3 is 5.97 Å². The van der Waals surface area contributed by atoms with Gasteiger partial charge in [0.2, 0.25) is 0 Å². The average molecular weight is 254 g/mol. The number of carbonyl (C=O) groups excluding carboxylic acids is 1. The van der Waals surface area contributed by atoms with Crippen LogP contribution in [0.1, 0.15) is 40.4 Å². The minimum atomic E-state index is -2.83. The summed E-state index contributed by atoms with van der Waals surface area (Å²) in [7, 11) is 0. The van der Waals surface area contributed by atoms with Crippen LogP contribution in [-0.4, -0.2) is 12.6 Å². The van der Waals surface area contributed by atoms with Gasteiger partial charge in [0, 0.05) is 12.1 Å². The maximum absolute atomic E-state index is 12.8. The number of nitrogens with zero attached hydrogens (tertiary/aromatic N) is 1. The van der Waals surface area contributed by atoms with Gasteiger partial charge in [-0.25, -0.2) is 13.6 Å². The highest BCUT2D eigenvalue weighted by Gasteiger charge is 2.24. The van der Waals surface area contributed by atoms with Gasteiger partial charge in [-0.15, -0.1) is 0 Å². The summed E-state index contributed by atoms with van der Waals surface area (Å²) in [5.74, 6) is -0.884. The molecular formula is C12H12F2N2O2. The first-order valence-electron chi connectivity index (χ1n) is 5.28. The van der Waals surface area contributed by atoms with E-state index in [1.54, 1.807) is 6.92 Å². The van der Waals surface area contributed by atoms with Crippen molar-refractivity contribution in [1.82, 2.24) is 0 Å². The van der Waals surface area contributed by atoms with Crippen LogP contribution in [-0.2, 0) is 11.3 Å². The van der Waals surface area contributed by atoms with Crippen LogP contribution in [0.15, 0.2) is 12.1 Å². The van der Waals surface area contributed by atoms with Crippen molar-refractivity contribution in [3.05, 3.63) is 34.4 Å². The van der Waals surface area contributed by atoms with E-state index in [2.05, 4.69) is 0 Å². The third-order valence-electron chi connectivity index (χ3n) is 2.38. The van der Waals surface area contributed by atoms with E-state index >= 15 is 0 Å². The predicted molar refractivity (Wildman–Crippen MR) is 60.0 cm³/mol. The van der Waals surface area contributed by atoms with Gasteiger partial charge in [0.15, 0.2) is 0 Å². The molecule has 0 atom stereocenters. The van der Waals surface area contributed by atoms with Crippen molar-refractivity contribution in [3.8, 4) is 6.07 Å². The first-order chi connectivity index (χ1) is 8.56. The fourth-order valence-corrected chi connectivity index (χ4v) is 1.61. The van der Waals surface area contributed by atoms with Crippen molar-refractivity contribution in [2.75, 3.05) is 6.61 Å². The second kappa shape index (κ2) is 6.07. The third kappa shape index (κ3) is 2.63.